The van der Waals surface area contributed by atoms with Gasteiger partial charge in [0.15, 0.2) is 0 Å². The molecule has 2 amide bonds. The molecule has 2 aliphatic rings. The van der Waals surface area contributed by atoms with Gasteiger partial charge in [0.2, 0.25) is 5.91 Å². The molecule has 0 radical (unpaired) electrons. The van der Waals surface area contributed by atoms with Crippen LogP contribution in [0.1, 0.15) is 53.1 Å². The number of halogens is 1. The summed E-state index contributed by atoms with van der Waals surface area (Å²) < 4.78 is 3.10. The molecule has 194 valence electrons. The SMILES string of the molecule is C=CC(=O)N1CCc2nc(-c3ccc(C(C)C)cc3)n3c2[C@@H](C1)N(C(=O)c1ccc(Br)c2[nH]cnc12)CC3. The smallest absolute Gasteiger partial charge is 0.256 e. The highest BCUT2D eigenvalue weighted by atomic mass is 79.9. The summed E-state index contributed by atoms with van der Waals surface area (Å²) in [4.78, 5) is 43.1. The molecular weight excluding hydrogens is 544 g/mol. The van der Waals surface area contributed by atoms with Crippen LogP contribution in [0, 0.1) is 0 Å². The molecule has 8 nitrogen and oxygen atoms in total. The molecule has 4 aromatic rings. The van der Waals surface area contributed by atoms with E-state index in [9.17, 15) is 9.59 Å². The molecule has 1 N–H and O–H groups in total. The van der Waals surface area contributed by atoms with Gasteiger partial charge in [-0.1, -0.05) is 44.7 Å². The molecule has 2 aromatic heterocycles. The Hall–Kier alpha value is -3.72. The van der Waals surface area contributed by atoms with Crippen molar-refractivity contribution in [3.63, 3.8) is 0 Å². The first-order chi connectivity index (χ1) is 18.4. The van der Waals surface area contributed by atoms with Gasteiger partial charge in [0.1, 0.15) is 11.3 Å². The number of fused-ring (bicyclic) bond motifs is 1. The highest BCUT2D eigenvalue weighted by molar-refractivity contribution is 9.10. The lowest BCUT2D eigenvalue weighted by Gasteiger charge is -2.38. The Morgan fingerprint density at radius 1 is 1.13 bits per heavy atom. The monoisotopic (exact) mass is 572 g/mol. The number of imidazole rings is 2. The van der Waals surface area contributed by atoms with Crippen LogP contribution in [0.25, 0.3) is 22.4 Å². The van der Waals surface area contributed by atoms with E-state index in [1.165, 1.54) is 11.6 Å². The number of aromatic amines is 1. The highest BCUT2D eigenvalue weighted by Crippen LogP contribution is 2.38. The number of amides is 2. The Morgan fingerprint density at radius 3 is 2.66 bits per heavy atom. The zero-order valence-electron chi connectivity index (χ0n) is 21.4. The summed E-state index contributed by atoms with van der Waals surface area (Å²) in [6, 6.07) is 12.0. The number of aromatic nitrogens is 4. The summed E-state index contributed by atoms with van der Waals surface area (Å²) in [5.41, 5.74) is 6.25. The van der Waals surface area contributed by atoms with Crippen LogP contribution in [0.3, 0.4) is 0 Å². The van der Waals surface area contributed by atoms with Crippen molar-refractivity contribution in [3.05, 3.63) is 82.4 Å². The van der Waals surface area contributed by atoms with Crippen LogP contribution < -0.4 is 0 Å². The number of hydrogen-bond acceptors (Lipinski definition) is 4. The van der Waals surface area contributed by atoms with E-state index in [0.717, 1.165) is 32.8 Å². The molecular formula is C29H29BrN6O2. The number of hydrogen-bond donors (Lipinski definition) is 1. The van der Waals surface area contributed by atoms with E-state index in [4.69, 9.17) is 4.98 Å². The van der Waals surface area contributed by atoms with Crippen molar-refractivity contribution in [1.29, 1.82) is 0 Å². The number of carbonyl (C=O) groups is 2. The summed E-state index contributed by atoms with van der Waals surface area (Å²) in [7, 11) is 0. The van der Waals surface area contributed by atoms with Gasteiger partial charge in [-0.2, -0.15) is 0 Å². The fourth-order valence-electron chi connectivity index (χ4n) is 5.67. The van der Waals surface area contributed by atoms with Crippen LogP contribution in [0.5, 0.6) is 0 Å². The molecule has 0 saturated carbocycles. The van der Waals surface area contributed by atoms with Gasteiger partial charge in [0.25, 0.3) is 5.91 Å². The second-order valence-corrected chi connectivity index (χ2v) is 11.0. The average molecular weight is 573 g/mol. The van der Waals surface area contributed by atoms with Gasteiger partial charge in [-0.15, -0.1) is 0 Å². The van der Waals surface area contributed by atoms with Crippen LogP contribution in [0.15, 0.2) is 59.9 Å². The number of rotatable bonds is 4. The van der Waals surface area contributed by atoms with E-state index >= 15 is 0 Å². The molecule has 2 aliphatic heterocycles. The van der Waals surface area contributed by atoms with E-state index in [1.807, 2.05) is 17.0 Å². The van der Waals surface area contributed by atoms with Gasteiger partial charge in [0, 0.05) is 42.6 Å². The predicted molar refractivity (Wildman–Crippen MR) is 150 cm³/mol. The Bertz CT molecular complexity index is 1570. The van der Waals surface area contributed by atoms with Crippen LogP contribution >= 0.6 is 15.9 Å². The second kappa shape index (κ2) is 9.54. The zero-order valence-corrected chi connectivity index (χ0v) is 23.0. The number of H-pyrrole nitrogens is 1. The van der Waals surface area contributed by atoms with Crippen LogP contribution in [0.2, 0.25) is 0 Å². The van der Waals surface area contributed by atoms with Crippen molar-refractivity contribution in [3.8, 4) is 11.4 Å². The summed E-state index contributed by atoms with van der Waals surface area (Å²) in [6.07, 6.45) is 3.57. The van der Waals surface area contributed by atoms with E-state index < -0.39 is 0 Å². The lowest BCUT2D eigenvalue weighted by atomic mass is 10.0. The second-order valence-electron chi connectivity index (χ2n) is 10.2. The molecule has 2 aromatic carbocycles. The van der Waals surface area contributed by atoms with Crippen LogP contribution in [-0.2, 0) is 17.8 Å². The standard InChI is InChI=1S/C29H29BrN6O2/c1-4-24(37)34-12-11-22-27-23(15-34)35(29(38)20-9-10-21(30)26-25(20)31-16-32-26)13-14-36(27)28(33-22)19-7-5-18(6-8-19)17(2)3/h4-10,16-17,23H,1,11-15H2,2-3H3,(H,31,32)/t23-/m1/s1. The van der Waals surface area contributed by atoms with Gasteiger partial charge >= 0.3 is 0 Å². The molecule has 9 heteroatoms. The summed E-state index contributed by atoms with van der Waals surface area (Å²) >= 11 is 3.54. The maximum atomic E-state index is 14.1. The molecule has 38 heavy (non-hydrogen) atoms. The largest absolute Gasteiger partial charge is 0.344 e. The van der Waals surface area contributed by atoms with Crippen molar-refractivity contribution in [2.75, 3.05) is 19.6 Å². The number of benzene rings is 2. The number of carbonyl (C=O) groups excluding carboxylic acids is 2. The molecule has 0 bridgehead atoms. The average Bonchev–Trinajstić information content (AvgIpc) is 3.52. The zero-order chi connectivity index (χ0) is 26.6. The Morgan fingerprint density at radius 2 is 1.92 bits per heavy atom. The quantitative estimate of drug-likeness (QED) is 0.345. The Balaban J connectivity index is 1.44. The fourth-order valence-corrected chi connectivity index (χ4v) is 6.11. The van der Waals surface area contributed by atoms with Gasteiger partial charge < -0.3 is 19.4 Å². The minimum atomic E-state index is -0.327. The molecule has 4 heterocycles. The van der Waals surface area contributed by atoms with Crippen molar-refractivity contribution in [1.82, 2.24) is 29.3 Å². The first-order valence-electron chi connectivity index (χ1n) is 12.9. The number of nitrogens with zero attached hydrogens (tertiary/aromatic N) is 5. The lowest BCUT2D eigenvalue weighted by molar-refractivity contribution is -0.126. The topological polar surface area (TPSA) is 87.1 Å². The van der Waals surface area contributed by atoms with Gasteiger partial charge in [-0.05, 0) is 45.6 Å². The molecule has 0 unspecified atom stereocenters. The molecule has 1 atom stereocenters. The minimum absolute atomic E-state index is 0.103. The third-order valence-corrected chi connectivity index (χ3v) is 8.35. The van der Waals surface area contributed by atoms with Gasteiger partial charge in [-0.25, -0.2) is 9.97 Å². The molecule has 0 spiro atoms. The highest BCUT2D eigenvalue weighted by Gasteiger charge is 2.40. The third kappa shape index (κ3) is 3.96. The minimum Gasteiger partial charge on any atom is -0.344 e. The maximum absolute atomic E-state index is 14.1. The molecule has 6 rings (SSSR count). The normalized spacial score (nSPS) is 17.0. The molecule has 0 aliphatic carbocycles. The first-order valence-corrected chi connectivity index (χ1v) is 13.7. The Kier molecular flexibility index (Phi) is 6.18. The van der Waals surface area contributed by atoms with Crippen LogP contribution in [0.4, 0.5) is 0 Å². The van der Waals surface area contributed by atoms with Crippen molar-refractivity contribution in [2.24, 2.45) is 0 Å². The fraction of sp³-hybridized carbons (Fsp3) is 0.310. The summed E-state index contributed by atoms with van der Waals surface area (Å²) in [5.74, 6) is 1.14. The van der Waals surface area contributed by atoms with E-state index in [-0.39, 0.29) is 17.9 Å². The maximum Gasteiger partial charge on any atom is 0.256 e. The summed E-state index contributed by atoms with van der Waals surface area (Å²) in [5, 5.41) is 0. The third-order valence-electron chi connectivity index (χ3n) is 7.69. The van der Waals surface area contributed by atoms with Gasteiger partial charge in [-0.3, -0.25) is 9.59 Å². The first kappa shape index (κ1) is 24.6. The van der Waals surface area contributed by atoms with Crippen molar-refractivity contribution in [2.45, 2.75) is 38.8 Å². The summed E-state index contributed by atoms with van der Waals surface area (Å²) in [6.45, 7) is 10.1. The molecule has 0 fully saturated rings. The van der Waals surface area contributed by atoms with E-state index in [0.29, 0.717) is 49.6 Å². The van der Waals surface area contributed by atoms with E-state index in [2.05, 4.69) is 75.2 Å². The number of nitrogens with one attached hydrogen (secondary N) is 1. The van der Waals surface area contributed by atoms with E-state index in [1.54, 1.807) is 11.2 Å². The predicted octanol–water partition coefficient (Wildman–Crippen LogP) is 5.08. The van der Waals surface area contributed by atoms with Crippen molar-refractivity contribution >= 4 is 38.8 Å². The van der Waals surface area contributed by atoms with Crippen molar-refractivity contribution < 1.29 is 9.59 Å². The Labute approximate surface area is 229 Å². The molecule has 0 saturated heterocycles. The van der Waals surface area contributed by atoms with Crippen LogP contribution in [-0.4, -0.2) is 60.8 Å². The van der Waals surface area contributed by atoms with Gasteiger partial charge in [0.05, 0.1) is 34.8 Å². The lowest BCUT2D eigenvalue weighted by Crippen LogP contribution is -2.47.